The lowest BCUT2D eigenvalue weighted by Crippen LogP contribution is -2.41. The molecule has 1 atom stereocenters. The van der Waals surface area contributed by atoms with E-state index in [1.54, 1.807) is 4.90 Å². The maximum Gasteiger partial charge on any atom is 0.416 e. The summed E-state index contributed by atoms with van der Waals surface area (Å²) in [5, 5.41) is 9.19. The van der Waals surface area contributed by atoms with E-state index < -0.39 is 34.9 Å². The predicted octanol–water partition coefficient (Wildman–Crippen LogP) is 5.60. The standard InChI is InChI=1S/C23H22F5NO3/c24-15-6-5-14(19(8-15)23(26,27)28)11-29-7-1-2-16(12-29)32-21-10-20(25)18(22(30)31)9-17(21)13-3-4-13/h5-6,8-10,13,16H,1-4,7,11-12H2,(H,30,31)/t16-/m1/s1. The molecule has 2 aromatic carbocycles. The van der Waals surface area contributed by atoms with Crippen molar-refractivity contribution < 1.29 is 36.6 Å². The molecule has 1 N–H and O–H groups in total. The zero-order chi connectivity index (χ0) is 23.0. The molecule has 2 aliphatic rings. The molecule has 2 fully saturated rings. The van der Waals surface area contributed by atoms with Crippen LogP contribution in [0.3, 0.4) is 0 Å². The van der Waals surface area contributed by atoms with Gasteiger partial charge < -0.3 is 9.84 Å². The van der Waals surface area contributed by atoms with Crippen molar-refractivity contribution in [2.75, 3.05) is 13.1 Å². The first-order chi connectivity index (χ1) is 15.1. The number of hydrogen-bond donors (Lipinski definition) is 1. The molecule has 0 radical (unpaired) electrons. The van der Waals surface area contributed by atoms with Gasteiger partial charge in [-0.15, -0.1) is 0 Å². The Morgan fingerprint density at radius 1 is 1.12 bits per heavy atom. The minimum atomic E-state index is -4.66. The molecule has 1 aliphatic heterocycles. The van der Waals surface area contributed by atoms with Crippen LogP contribution in [0.1, 0.15) is 58.6 Å². The van der Waals surface area contributed by atoms with E-state index in [0.717, 1.165) is 31.0 Å². The number of aromatic carboxylic acids is 1. The molecule has 1 aliphatic carbocycles. The summed E-state index contributed by atoms with van der Waals surface area (Å²) in [7, 11) is 0. The van der Waals surface area contributed by atoms with E-state index >= 15 is 0 Å². The molecule has 0 unspecified atom stereocenters. The number of carboxylic acid groups (broad SMARTS) is 1. The number of nitrogens with zero attached hydrogens (tertiary/aromatic N) is 1. The highest BCUT2D eigenvalue weighted by molar-refractivity contribution is 5.88. The molecule has 4 nitrogen and oxygen atoms in total. The topological polar surface area (TPSA) is 49.8 Å². The number of likely N-dealkylation sites (tertiary alicyclic amines) is 1. The van der Waals surface area contributed by atoms with E-state index in [1.165, 1.54) is 6.07 Å². The van der Waals surface area contributed by atoms with Gasteiger partial charge in [0.05, 0.1) is 11.1 Å². The molecular weight excluding hydrogens is 433 g/mol. The van der Waals surface area contributed by atoms with Gasteiger partial charge in [-0.05, 0) is 67.5 Å². The van der Waals surface area contributed by atoms with Crippen LogP contribution in [-0.2, 0) is 12.7 Å². The summed E-state index contributed by atoms with van der Waals surface area (Å²) in [6, 6.07) is 5.07. The maximum atomic E-state index is 14.3. The monoisotopic (exact) mass is 455 g/mol. The van der Waals surface area contributed by atoms with Crippen molar-refractivity contribution in [2.45, 2.75) is 50.4 Å². The highest BCUT2D eigenvalue weighted by Gasteiger charge is 2.35. The van der Waals surface area contributed by atoms with Crippen LogP contribution in [-0.4, -0.2) is 35.2 Å². The molecule has 1 saturated carbocycles. The van der Waals surface area contributed by atoms with Crippen molar-refractivity contribution in [3.8, 4) is 5.75 Å². The Morgan fingerprint density at radius 2 is 1.88 bits per heavy atom. The summed E-state index contributed by atoms with van der Waals surface area (Å²) in [6.45, 7) is 0.855. The first kappa shape index (κ1) is 22.5. The molecule has 0 bridgehead atoms. The van der Waals surface area contributed by atoms with Crippen LogP contribution in [0.5, 0.6) is 5.75 Å². The van der Waals surface area contributed by atoms with Crippen molar-refractivity contribution in [1.82, 2.24) is 4.90 Å². The third-order valence-electron chi connectivity index (χ3n) is 5.87. The predicted molar refractivity (Wildman–Crippen MR) is 106 cm³/mol. The molecule has 0 amide bonds. The first-order valence-electron chi connectivity index (χ1n) is 10.4. The number of ether oxygens (including phenoxy) is 1. The van der Waals surface area contributed by atoms with E-state index in [1.807, 2.05) is 0 Å². The molecule has 4 rings (SSSR count). The summed E-state index contributed by atoms with van der Waals surface area (Å²) in [4.78, 5) is 13.1. The van der Waals surface area contributed by atoms with E-state index in [2.05, 4.69) is 0 Å². The van der Waals surface area contributed by atoms with Crippen molar-refractivity contribution in [3.63, 3.8) is 0 Å². The maximum absolute atomic E-state index is 14.3. The van der Waals surface area contributed by atoms with Gasteiger partial charge in [0, 0.05) is 19.2 Å². The highest BCUT2D eigenvalue weighted by Crippen LogP contribution is 2.45. The van der Waals surface area contributed by atoms with E-state index in [0.29, 0.717) is 43.3 Å². The molecule has 0 aromatic heterocycles. The second-order valence-corrected chi connectivity index (χ2v) is 8.37. The Hall–Kier alpha value is -2.68. The van der Waals surface area contributed by atoms with Gasteiger partial charge in [0.25, 0.3) is 0 Å². The van der Waals surface area contributed by atoms with Gasteiger partial charge in [0.2, 0.25) is 0 Å². The Kier molecular flexibility index (Phi) is 6.11. The Morgan fingerprint density at radius 3 is 2.53 bits per heavy atom. The zero-order valence-electron chi connectivity index (χ0n) is 17.1. The minimum absolute atomic E-state index is 0.0171. The second-order valence-electron chi connectivity index (χ2n) is 8.37. The fourth-order valence-corrected chi connectivity index (χ4v) is 4.17. The number of carboxylic acids is 1. The molecule has 1 heterocycles. The van der Waals surface area contributed by atoms with E-state index in [9.17, 15) is 31.9 Å². The summed E-state index contributed by atoms with van der Waals surface area (Å²) in [5.74, 6) is -2.76. The third kappa shape index (κ3) is 5.03. The third-order valence-corrected chi connectivity index (χ3v) is 5.87. The van der Waals surface area contributed by atoms with Gasteiger partial charge in [-0.25, -0.2) is 13.6 Å². The average molecular weight is 455 g/mol. The van der Waals surface area contributed by atoms with Gasteiger partial charge in [-0.3, -0.25) is 4.90 Å². The van der Waals surface area contributed by atoms with Crippen LogP contribution >= 0.6 is 0 Å². The molecule has 172 valence electrons. The fourth-order valence-electron chi connectivity index (χ4n) is 4.17. The minimum Gasteiger partial charge on any atom is -0.489 e. The van der Waals surface area contributed by atoms with Crippen LogP contribution in [0.25, 0.3) is 0 Å². The fraction of sp³-hybridized carbons (Fsp3) is 0.435. The van der Waals surface area contributed by atoms with Gasteiger partial charge >= 0.3 is 12.1 Å². The quantitative estimate of drug-likeness (QED) is 0.576. The zero-order valence-corrected chi connectivity index (χ0v) is 17.1. The van der Waals surface area contributed by atoms with Crippen LogP contribution in [0.2, 0.25) is 0 Å². The van der Waals surface area contributed by atoms with Crippen molar-refractivity contribution in [1.29, 1.82) is 0 Å². The summed E-state index contributed by atoms with van der Waals surface area (Å²) in [6.07, 6.45) is -2.01. The molecule has 0 spiro atoms. The summed E-state index contributed by atoms with van der Waals surface area (Å²) in [5.41, 5.74) is -0.766. The molecule has 32 heavy (non-hydrogen) atoms. The van der Waals surface area contributed by atoms with Crippen LogP contribution in [0.4, 0.5) is 22.0 Å². The molecule has 9 heteroatoms. The van der Waals surface area contributed by atoms with Crippen LogP contribution in [0.15, 0.2) is 30.3 Å². The van der Waals surface area contributed by atoms with Gasteiger partial charge in [0.1, 0.15) is 23.5 Å². The smallest absolute Gasteiger partial charge is 0.416 e. The molecule has 1 saturated heterocycles. The van der Waals surface area contributed by atoms with E-state index in [-0.39, 0.29) is 24.1 Å². The largest absolute Gasteiger partial charge is 0.489 e. The van der Waals surface area contributed by atoms with Crippen molar-refractivity contribution >= 4 is 5.97 Å². The van der Waals surface area contributed by atoms with Crippen molar-refractivity contribution in [3.05, 3.63) is 64.2 Å². The lowest BCUT2D eigenvalue weighted by atomic mass is 10.0. The summed E-state index contributed by atoms with van der Waals surface area (Å²) >= 11 is 0. The molecular formula is C23H22F5NO3. The number of benzene rings is 2. The second kappa shape index (κ2) is 8.69. The van der Waals surface area contributed by atoms with Gasteiger partial charge in [-0.1, -0.05) is 6.07 Å². The van der Waals surface area contributed by atoms with Crippen molar-refractivity contribution in [2.24, 2.45) is 0 Å². The number of hydrogen-bond acceptors (Lipinski definition) is 3. The number of halogens is 5. The number of rotatable bonds is 6. The number of carbonyl (C=O) groups is 1. The first-order valence-corrected chi connectivity index (χ1v) is 10.4. The van der Waals surface area contributed by atoms with Gasteiger partial charge in [0.15, 0.2) is 0 Å². The Labute approximate surface area is 181 Å². The Bertz CT molecular complexity index is 1020. The number of piperidine rings is 1. The normalized spacial score (nSPS) is 19.7. The summed E-state index contributed by atoms with van der Waals surface area (Å²) < 4.78 is 73.6. The highest BCUT2D eigenvalue weighted by atomic mass is 19.4. The van der Waals surface area contributed by atoms with Gasteiger partial charge in [-0.2, -0.15) is 13.2 Å². The lowest BCUT2D eigenvalue weighted by molar-refractivity contribution is -0.138. The SMILES string of the molecule is O=C(O)c1cc(C2CC2)c(O[C@@H]2CCCN(Cc3ccc(F)cc3C(F)(F)F)C2)cc1F. The van der Waals surface area contributed by atoms with Crippen LogP contribution in [0, 0.1) is 11.6 Å². The Balaban J connectivity index is 1.50. The average Bonchev–Trinajstić information content (AvgIpc) is 3.54. The molecule has 2 aromatic rings. The number of alkyl halides is 3. The van der Waals surface area contributed by atoms with Crippen LogP contribution < -0.4 is 4.74 Å². The van der Waals surface area contributed by atoms with E-state index in [4.69, 9.17) is 4.74 Å². The lowest BCUT2D eigenvalue weighted by Gasteiger charge is -2.34.